The van der Waals surface area contributed by atoms with Gasteiger partial charge in [0.05, 0.1) is 0 Å². The number of nitrogens with zero attached hydrogens (tertiary/aromatic N) is 1. The summed E-state index contributed by atoms with van der Waals surface area (Å²) in [6, 6.07) is 8.24. The molecule has 0 fully saturated rings. The van der Waals surface area contributed by atoms with Crippen LogP contribution >= 0.6 is 0 Å². The Hall–Kier alpha value is -0.266. The molecule has 0 atom stereocenters. The Morgan fingerprint density at radius 2 is 2.00 bits per heavy atom. The fourth-order valence-corrected chi connectivity index (χ4v) is 1.15. The molecule has 13 heavy (non-hydrogen) atoms. The van der Waals surface area contributed by atoms with Crippen LogP contribution in [-0.4, -0.2) is 4.98 Å². The van der Waals surface area contributed by atoms with E-state index in [0.717, 1.165) is 5.39 Å². The van der Waals surface area contributed by atoms with Gasteiger partial charge in [0.1, 0.15) is 0 Å². The standard InChI is InChI=1S/C10H8N.CH3.Y/c1-8-2-3-10-7-11-5-4-9(10)6-8;;/h2-6H,1H3;1H3;/q2*-1;. The molecule has 1 radical (unpaired) electrons. The van der Waals surface area contributed by atoms with Gasteiger partial charge in [0, 0.05) is 32.7 Å². The van der Waals surface area contributed by atoms with Crippen LogP contribution in [0.25, 0.3) is 10.8 Å². The molecule has 0 N–H and O–H groups in total. The number of fused-ring (bicyclic) bond motifs is 1. The average Bonchev–Trinajstić information content (AvgIpc) is 2.04. The summed E-state index contributed by atoms with van der Waals surface area (Å²) >= 11 is 0. The number of benzene rings is 1. The quantitative estimate of drug-likeness (QED) is 0.651. The van der Waals surface area contributed by atoms with E-state index in [4.69, 9.17) is 0 Å². The molecule has 0 aliphatic rings. The van der Waals surface area contributed by atoms with Gasteiger partial charge in [-0.25, -0.2) is 0 Å². The van der Waals surface area contributed by atoms with Crippen molar-refractivity contribution in [3.63, 3.8) is 0 Å². The van der Waals surface area contributed by atoms with Gasteiger partial charge in [-0.05, 0) is 13.1 Å². The molecule has 0 aliphatic carbocycles. The zero-order valence-electron chi connectivity index (χ0n) is 7.91. The minimum atomic E-state index is 0. The second-order valence-electron chi connectivity index (χ2n) is 2.65. The molecule has 1 heterocycles. The van der Waals surface area contributed by atoms with Crippen molar-refractivity contribution < 1.29 is 32.7 Å². The van der Waals surface area contributed by atoms with Crippen LogP contribution < -0.4 is 0 Å². The first-order valence-electron chi connectivity index (χ1n) is 3.59. The van der Waals surface area contributed by atoms with E-state index in [0.29, 0.717) is 0 Å². The van der Waals surface area contributed by atoms with Gasteiger partial charge in [0.2, 0.25) is 0 Å². The Kier molecular flexibility index (Phi) is 5.35. The average molecular weight is 246 g/mol. The first-order valence-corrected chi connectivity index (χ1v) is 3.59. The van der Waals surface area contributed by atoms with Crippen molar-refractivity contribution in [2.75, 3.05) is 0 Å². The molecule has 1 nitrogen and oxygen atoms in total. The summed E-state index contributed by atoms with van der Waals surface area (Å²) in [5.41, 5.74) is 1.28. The number of pyridine rings is 1. The van der Waals surface area contributed by atoms with Crippen molar-refractivity contribution in [2.24, 2.45) is 0 Å². The number of hydrogen-bond acceptors (Lipinski definition) is 1. The largest absolute Gasteiger partial charge is 0.360 e. The SMILES string of the molecule is Cc1ccc2[c-]nccc2c1.[CH3-].[Y]. The smallest absolute Gasteiger partial charge is 0 e. The number of hydrogen-bond donors (Lipinski definition) is 0. The van der Waals surface area contributed by atoms with E-state index in [1.807, 2.05) is 12.1 Å². The van der Waals surface area contributed by atoms with E-state index in [-0.39, 0.29) is 40.1 Å². The Bertz CT molecular complexity index is 385. The van der Waals surface area contributed by atoms with Crippen molar-refractivity contribution in [3.05, 3.63) is 49.6 Å². The van der Waals surface area contributed by atoms with Crippen molar-refractivity contribution in [3.8, 4) is 0 Å². The van der Waals surface area contributed by atoms with Crippen LogP contribution in [0.1, 0.15) is 5.56 Å². The van der Waals surface area contributed by atoms with Gasteiger partial charge < -0.3 is 12.4 Å². The summed E-state index contributed by atoms with van der Waals surface area (Å²) < 4.78 is 0. The maximum atomic E-state index is 3.92. The summed E-state index contributed by atoms with van der Waals surface area (Å²) in [5.74, 6) is 0. The van der Waals surface area contributed by atoms with Crippen LogP contribution in [0.4, 0.5) is 0 Å². The van der Waals surface area contributed by atoms with Crippen molar-refractivity contribution >= 4 is 10.8 Å². The van der Waals surface area contributed by atoms with Gasteiger partial charge in [0.15, 0.2) is 0 Å². The molecule has 0 saturated carbocycles. The molecule has 2 rings (SSSR count). The first-order chi connectivity index (χ1) is 5.36. The molecular weight excluding hydrogens is 235 g/mol. The van der Waals surface area contributed by atoms with Crippen LogP contribution in [-0.2, 0) is 32.7 Å². The zero-order chi connectivity index (χ0) is 7.68. The topological polar surface area (TPSA) is 12.9 Å². The third-order valence-corrected chi connectivity index (χ3v) is 1.72. The number of aryl methyl sites for hydroxylation is 1. The number of rotatable bonds is 0. The Morgan fingerprint density at radius 3 is 2.77 bits per heavy atom. The van der Waals surface area contributed by atoms with E-state index in [2.05, 4.69) is 30.2 Å². The molecule has 0 spiro atoms. The minimum absolute atomic E-state index is 0. The maximum Gasteiger partial charge on any atom is 0 e. The van der Waals surface area contributed by atoms with E-state index < -0.39 is 0 Å². The van der Waals surface area contributed by atoms with Crippen LogP contribution in [0.15, 0.2) is 30.5 Å². The first kappa shape index (κ1) is 12.7. The molecule has 0 saturated heterocycles. The molecule has 0 amide bonds. The molecular formula is C11H11NY-2. The fourth-order valence-electron chi connectivity index (χ4n) is 1.15. The van der Waals surface area contributed by atoms with Gasteiger partial charge in [-0.1, -0.05) is 17.8 Å². The Balaban J connectivity index is 0.000000720. The third kappa shape index (κ3) is 2.85. The van der Waals surface area contributed by atoms with Gasteiger partial charge in [-0.15, -0.1) is 29.0 Å². The van der Waals surface area contributed by atoms with E-state index in [1.54, 1.807) is 6.20 Å². The van der Waals surface area contributed by atoms with E-state index >= 15 is 0 Å². The van der Waals surface area contributed by atoms with Crippen LogP contribution in [0, 0.1) is 20.5 Å². The fraction of sp³-hybridized carbons (Fsp3) is 0.0909. The summed E-state index contributed by atoms with van der Waals surface area (Å²) in [6.07, 6.45) is 4.69. The second kappa shape index (κ2) is 5.46. The van der Waals surface area contributed by atoms with Crippen molar-refractivity contribution in [1.82, 2.24) is 4.98 Å². The molecule has 1 aromatic carbocycles. The monoisotopic (exact) mass is 246 g/mol. The normalized spacial score (nSPS) is 8.69. The predicted octanol–water partition coefficient (Wildman–Crippen LogP) is 2.79. The van der Waals surface area contributed by atoms with Crippen molar-refractivity contribution in [1.29, 1.82) is 0 Å². The van der Waals surface area contributed by atoms with E-state index in [9.17, 15) is 0 Å². The minimum Gasteiger partial charge on any atom is -0.360 e. The molecule has 0 unspecified atom stereocenters. The number of aromatic nitrogens is 1. The summed E-state index contributed by atoms with van der Waals surface area (Å²) in [4.78, 5) is 3.92. The van der Waals surface area contributed by atoms with E-state index in [1.165, 1.54) is 10.9 Å². The zero-order valence-corrected chi connectivity index (χ0v) is 10.7. The van der Waals surface area contributed by atoms with Crippen LogP contribution in [0.3, 0.4) is 0 Å². The van der Waals surface area contributed by atoms with Gasteiger partial charge in [0.25, 0.3) is 0 Å². The summed E-state index contributed by atoms with van der Waals surface area (Å²) in [5, 5.41) is 2.29. The Labute approximate surface area is 104 Å². The maximum absolute atomic E-state index is 3.92. The molecule has 0 bridgehead atoms. The molecule has 0 aliphatic heterocycles. The summed E-state index contributed by atoms with van der Waals surface area (Å²) in [6.45, 7) is 2.08. The summed E-state index contributed by atoms with van der Waals surface area (Å²) in [7, 11) is 0. The van der Waals surface area contributed by atoms with Crippen LogP contribution in [0.2, 0.25) is 0 Å². The van der Waals surface area contributed by atoms with Gasteiger partial charge in [-0.3, -0.25) is 0 Å². The van der Waals surface area contributed by atoms with Gasteiger partial charge in [-0.2, -0.15) is 0 Å². The molecule has 1 aromatic heterocycles. The second-order valence-corrected chi connectivity index (χ2v) is 2.65. The van der Waals surface area contributed by atoms with Crippen LogP contribution in [0.5, 0.6) is 0 Å². The molecule has 65 valence electrons. The Morgan fingerprint density at radius 1 is 1.23 bits per heavy atom. The third-order valence-electron chi connectivity index (χ3n) is 1.72. The van der Waals surface area contributed by atoms with Crippen molar-refractivity contribution in [2.45, 2.75) is 6.92 Å². The predicted molar refractivity (Wildman–Crippen MR) is 51.7 cm³/mol. The molecule has 2 aromatic rings. The molecule has 2 heteroatoms. The van der Waals surface area contributed by atoms with Gasteiger partial charge >= 0.3 is 0 Å².